The van der Waals surface area contributed by atoms with Gasteiger partial charge in [0.1, 0.15) is 11.5 Å². The van der Waals surface area contributed by atoms with Crippen LogP contribution in [0.25, 0.3) is 22.8 Å². The molecule has 0 atom stereocenters. The Balaban J connectivity index is 2.14. The van der Waals surface area contributed by atoms with Crippen LogP contribution in [0, 0.1) is 6.92 Å². The topological polar surface area (TPSA) is 76.7 Å². The van der Waals surface area contributed by atoms with Gasteiger partial charge in [-0.2, -0.15) is 0 Å². The first-order chi connectivity index (χ1) is 10.3. The standard InChI is InChI=1S/C16H15N5/c1-11-7-8-18-14(9-11)16-19-13(10-15(20-16)21-17)12-5-3-2-4-6-12/h2-10H,17H2,1H3,(H,19,20,21). The third kappa shape index (κ3) is 2.88. The minimum Gasteiger partial charge on any atom is -0.308 e. The SMILES string of the molecule is Cc1ccnc(-c2nc(NN)cc(-c3ccccc3)n2)c1. The Morgan fingerprint density at radius 2 is 1.76 bits per heavy atom. The quantitative estimate of drug-likeness (QED) is 0.568. The molecule has 0 bridgehead atoms. The lowest BCUT2D eigenvalue weighted by molar-refractivity contribution is 1.12. The fourth-order valence-corrected chi connectivity index (χ4v) is 2.05. The van der Waals surface area contributed by atoms with Crippen LogP contribution in [-0.2, 0) is 0 Å². The summed E-state index contributed by atoms with van der Waals surface area (Å²) < 4.78 is 0. The van der Waals surface area contributed by atoms with E-state index in [4.69, 9.17) is 5.84 Å². The van der Waals surface area contributed by atoms with Gasteiger partial charge in [0, 0.05) is 17.8 Å². The molecule has 0 fully saturated rings. The van der Waals surface area contributed by atoms with Gasteiger partial charge >= 0.3 is 0 Å². The average molecular weight is 277 g/mol. The van der Waals surface area contributed by atoms with E-state index in [9.17, 15) is 0 Å². The molecule has 0 spiro atoms. The molecule has 2 aromatic heterocycles. The summed E-state index contributed by atoms with van der Waals surface area (Å²) in [4.78, 5) is 13.3. The molecule has 104 valence electrons. The van der Waals surface area contributed by atoms with E-state index >= 15 is 0 Å². The molecule has 0 saturated carbocycles. The first kappa shape index (κ1) is 13.2. The number of hydrazine groups is 1. The van der Waals surface area contributed by atoms with Crippen LogP contribution in [0.2, 0.25) is 0 Å². The number of nitrogens with one attached hydrogen (secondary N) is 1. The zero-order valence-electron chi connectivity index (χ0n) is 11.6. The van der Waals surface area contributed by atoms with Crippen molar-refractivity contribution in [3.05, 3.63) is 60.3 Å². The summed E-state index contributed by atoms with van der Waals surface area (Å²) in [6.45, 7) is 2.01. The van der Waals surface area contributed by atoms with Crippen LogP contribution in [0.15, 0.2) is 54.7 Å². The van der Waals surface area contributed by atoms with Gasteiger partial charge in [0.15, 0.2) is 5.82 Å². The van der Waals surface area contributed by atoms with Crippen molar-refractivity contribution in [2.75, 3.05) is 5.43 Å². The predicted octanol–water partition coefficient (Wildman–Crippen LogP) is 2.80. The average Bonchev–Trinajstić information content (AvgIpc) is 2.55. The van der Waals surface area contributed by atoms with Crippen LogP contribution in [-0.4, -0.2) is 15.0 Å². The largest absolute Gasteiger partial charge is 0.308 e. The second-order valence-corrected chi connectivity index (χ2v) is 4.69. The number of rotatable bonds is 3. The Morgan fingerprint density at radius 1 is 0.952 bits per heavy atom. The number of nitrogen functional groups attached to an aromatic ring is 1. The van der Waals surface area contributed by atoms with Crippen molar-refractivity contribution in [3.8, 4) is 22.8 Å². The minimum absolute atomic E-state index is 0.549. The summed E-state index contributed by atoms with van der Waals surface area (Å²) in [5, 5.41) is 0. The van der Waals surface area contributed by atoms with E-state index in [-0.39, 0.29) is 0 Å². The zero-order chi connectivity index (χ0) is 14.7. The zero-order valence-corrected chi connectivity index (χ0v) is 11.6. The van der Waals surface area contributed by atoms with Gasteiger partial charge in [0.2, 0.25) is 0 Å². The maximum Gasteiger partial charge on any atom is 0.180 e. The fourth-order valence-electron chi connectivity index (χ4n) is 2.05. The van der Waals surface area contributed by atoms with Gasteiger partial charge in [-0.1, -0.05) is 30.3 Å². The minimum atomic E-state index is 0.549. The monoisotopic (exact) mass is 277 g/mol. The Labute approximate surface area is 122 Å². The highest BCUT2D eigenvalue weighted by molar-refractivity contribution is 5.66. The van der Waals surface area contributed by atoms with E-state index in [1.807, 2.05) is 55.5 Å². The Morgan fingerprint density at radius 3 is 2.48 bits per heavy atom. The van der Waals surface area contributed by atoms with Gasteiger partial charge < -0.3 is 5.43 Å². The smallest absolute Gasteiger partial charge is 0.180 e. The van der Waals surface area contributed by atoms with Crippen molar-refractivity contribution >= 4 is 5.82 Å². The molecule has 0 radical (unpaired) electrons. The third-order valence-electron chi connectivity index (χ3n) is 3.09. The number of anilines is 1. The van der Waals surface area contributed by atoms with Gasteiger partial charge in [-0.3, -0.25) is 4.98 Å². The highest BCUT2D eigenvalue weighted by Crippen LogP contribution is 2.23. The number of nitrogens with zero attached hydrogens (tertiary/aromatic N) is 3. The van der Waals surface area contributed by atoms with E-state index < -0.39 is 0 Å². The number of aryl methyl sites for hydroxylation is 1. The van der Waals surface area contributed by atoms with Gasteiger partial charge in [0.25, 0.3) is 0 Å². The third-order valence-corrected chi connectivity index (χ3v) is 3.09. The molecule has 0 aliphatic rings. The Kier molecular flexibility index (Phi) is 3.57. The molecule has 1 aromatic carbocycles. The van der Waals surface area contributed by atoms with Crippen LogP contribution in [0.3, 0.4) is 0 Å². The summed E-state index contributed by atoms with van der Waals surface area (Å²) in [7, 11) is 0. The number of hydrogen-bond donors (Lipinski definition) is 2. The maximum absolute atomic E-state index is 5.51. The molecule has 0 amide bonds. The van der Waals surface area contributed by atoms with E-state index in [1.54, 1.807) is 6.20 Å². The van der Waals surface area contributed by atoms with Crippen LogP contribution < -0.4 is 11.3 Å². The molecule has 5 nitrogen and oxygen atoms in total. The number of pyridine rings is 1. The lowest BCUT2D eigenvalue weighted by Gasteiger charge is -2.08. The van der Waals surface area contributed by atoms with Crippen molar-refractivity contribution in [1.82, 2.24) is 15.0 Å². The molecule has 2 heterocycles. The van der Waals surface area contributed by atoms with Gasteiger partial charge in [-0.15, -0.1) is 0 Å². The van der Waals surface area contributed by atoms with Gasteiger partial charge in [-0.05, 0) is 24.6 Å². The fraction of sp³-hybridized carbons (Fsp3) is 0.0625. The molecule has 3 rings (SSSR count). The number of nitrogens with two attached hydrogens (primary N) is 1. The summed E-state index contributed by atoms with van der Waals surface area (Å²) in [6.07, 6.45) is 1.75. The van der Waals surface area contributed by atoms with Crippen LogP contribution in [0.1, 0.15) is 5.56 Å². The molecule has 21 heavy (non-hydrogen) atoms. The number of benzene rings is 1. The van der Waals surface area contributed by atoms with Crippen LogP contribution in [0.4, 0.5) is 5.82 Å². The second kappa shape index (κ2) is 5.68. The molecule has 3 aromatic rings. The van der Waals surface area contributed by atoms with Crippen LogP contribution in [0.5, 0.6) is 0 Å². The lowest BCUT2D eigenvalue weighted by Crippen LogP contribution is -2.10. The second-order valence-electron chi connectivity index (χ2n) is 4.69. The summed E-state index contributed by atoms with van der Waals surface area (Å²) >= 11 is 0. The Bertz CT molecular complexity index is 756. The first-order valence-corrected chi connectivity index (χ1v) is 6.60. The van der Waals surface area contributed by atoms with E-state index in [1.165, 1.54) is 0 Å². The lowest BCUT2D eigenvalue weighted by atomic mass is 10.1. The molecular formula is C16H15N5. The van der Waals surface area contributed by atoms with Crippen molar-refractivity contribution < 1.29 is 0 Å². The summed E-state index contributed by atoms with van der Waals surface area (Å²) in [5.41, 5.74) is 6.22. The van der Waals surface area contributed by atoms with Crippen molar-refractivity contribution in [2.24, 2.45) is 5.84 Å². The van der Waals surface area contributed by atoms with E-state index in [0.717, 1.165) is 22.5 Å². The van der Waals surface area contributed by atoms with Crippen LogP contribution >= 0.6 is 0 Å². The molecule has 3 N–H and O–H groups in total. The first-order valence-electron chi connectivity index (χ1n) is 6.60. The van der Waals surface area contributed by atoms with Crippen molar-refractivity contribution in [2.45, 2.75) is 6.92 Å². The molecule has 0 saturated heterocycles. The Hall–Kier alpha value is -2.79. The summed E-state index contributed by atoms with van der Waals surface area (Å²) in [5.74, 6) is 6.62. The van der Waals surface area contributed by atoms with Gasteiger partial charge in [-0.25, -0.2) is 15.8 Å². The molecule has 0 unspecified atom stereocenters. The predicted molar refractivity (Wildman–Crippen MR) is 83.2 cm³/mol. The van der Waals surface area contributed by atoms with E-state index in [0.29, 0.717) is 11.6 Å². The van der Waals surface area contributed by atoms with Gasteiger partial charge in [0.05, 0.1) is 5.69 Å². The normalized spacial score (nSPS) is 10.4. The highest BCUT2D eigenvalue weighted by atomic mass is 15.3. The number of hydrogen-bond acceptors (Lipinski definition) is 5. The maximum atomic E-state index is 5.51. The van der Waals surface area contributed by atoms with Crippen molar-refractivity contribution in [1.29, 1.82) is 0 Å². The highest BCUT2D eigenvalue weighted by Gasteiger charge is 2.09. The van der Waals surface area contributed by atoms with Crippen molar-refractivity contribution in [3.63, 3.8) is 0 Å². The molecule has 0 aliphatic heterocycles. The van der Waals surface area contributed by atoms with E-state index in [2.05, 4.69) is 20.4 Å². The number of aromatic nitrogens is 3. The molecular weight excluding hydrogens is 262 g/mol. The molecule has 5 heteroatoms. The summed E-state index contributed by atoms with van der Waals surface area (Å²) in [6, 6.07) is 15.6. The molecule has 0 aliphatic carbocycles.